The van der Waals surface area contributed by atoms with Crippen LogP contribution in [-0.2, 0) is 14.8 Å². The van der Waals surface area contributed by atoms with Gasteiger partial charge in [-0.15, -0.1) is 12.4 Å². The zero-order valence-corrected chi connectivity index (χ0v) is 15.0. The van der Waals surface area contributed by atoms with E-state index in [9.17, 15) is 13.2 Å². The van der Waals surface area contributed by atoms with Crippen molar-refractivity contribution in [3.05, 3.63) is 0 Å². The van der Waals surface area contributed by atoms with Crippen LogP contribution in [0.15, 0.2) is 0 Å². The number of carbonyl (C=O) groups excluding carboxylic acids is 1. The van der Waals surface area contributed by atoms with Gasteiger partial charge < -0.3 is 10.6 Å². The van der Waals surface area contributed by atoms with Gasteiger partial charge in [-0.05, 0) is 31.6 Å². The molecule has 1 amide bonds. The first-order chi connectivity index (χ1) is 9.79. The summed E-state index contributed by atoms with van der Waals surface area (Å²) in [4.78, 5) is 14.2. The van der Waals surface area contributed by atoms with Crippen molar-refractivity contribution in [2.24, 2.45) is 11.7 Å². The van der Waals surface area contributed by atoms with Crippen LogP contribution in [0.5, 0.6) is 0 Å². The number of rotatable bonds is 4. The number of piperidine rings is 1. The van der Waals surface area contributed by atoms with E-state index in [0.717, 1.165) is 19.3 Å². The quantitative estimate of drug-likeness (QED) is 0.810. The molecule has 1 saturated carbocycles. The minimum absolute atomic E-state index is 0. The number of halogens is 1. The standard InChI is InChI=1S/C14H27N3O3S.ClH/c1-16(21(2,19)20)12-6-8-17(9-7-12)14(18)10-11-4-3-5-13(11)15;/h11-13H,3-10,15H2,1-2H3;1H/t11-,13+;/m0./s1. The number of carbonyl (C=O) groups is 1. The molecule has 2 atom stereocenters. The van der Waals surface area contributed by atoms with Crippen molar-refractivity contribution < 1.29 is 13.2 Å². The summed E-state index contributed by atoms with van der Waals surface area (Å²) in [5.74, 6) is 0.506. The minimum atomic E-state index is -3.15. The van der Waals surface area contributed by atoms with E-state index in [1.165, 1.54) is 10.6 Å². The molecule has 8 heteroatoms. The molecule has 2 N–H and O–H groups in total. The van der Waals surface area contributed by atoms with Crippen LogP contribution in [0.4, 0.5) is 0 Å². The summed E-state index contributed by atoms with van der Waals surface area (Å²) >= 11 is 0. The highest BCUT2D eigenvalue weighted by Crippen LogP contribution is 2.28. The Kier molecular flexibility index (Phi) is 7.11. The molecule has 0 unspecified atom stereocenters. The Morgan fingerprint density at radius 3 is 2.27 bits per heavy atom. The van der Waals surface area contributed by atoms with Crippen LogP contribution >= 0.6 is 12.4 Å². The number of nitrogens with zero attached hydrogens (tertiary/aromatic N) is 2. The molecule has 0 spiro atoms. The van der Waals surface area contributed by atoms with E-state index in [2.05, 4.69) is 0 Å². The monoisotopic (exact) mass is 353 g/mol. The molecule has 1 aliphatic heterocycles. The van der Waals surface area contributed by atoms with Crippen LogP contribution in [0.25, 0.3) is 0 Å². The fourth-order valence-corrected chi connectivity index (χ4v) is 4.17. The Bertz CT molecular complexity index is 478. The van der Waals surface area contributed by atoms with E-state index in [1.54, 1.807) is 7.05 Å². The first-order valence-corrected chi connectivity index (χ1v) is 9.60. The molecule has 0 aromatic heterocycles. The molecule has 0 aromatic rings. The van der Waals surface area contributed by atoms with E-state index in [-0.39, 0.29) is 30.4 Å². The lowest BCUT2D eigenvalue weighted by Gasteiger charge is -2.36. The van der Waals surface area contributed by atoms with Crippen LogP contribution < -0.4 is 5.73 Å². The molecule has 1 heterocycles. The maximum atomic E-state index is 12.3. The molecular formula is C14H28ClN3O3S. The van der Waals surface area contributed by atoms with Crippen molar-refractivity contribution in [3.8, 4) is 0 Å². The highest BCUT2D eigenvalue weighted by Gasteiger charge is 2.31. The molecule has 2 fully saturated rings. The zero-order chi connectivity index (χ0) is 15.6. The maximum absolute atomic E-state index is 12.3. The van der Waals surface area contributed by atoms with E-state index in [1.807, 2.05) is 4.90 Å². The van der Waals surface area contributed by atoms with Crippen LogP contribution in [0.1, 0.15) is 38.5 Å². The highest BCUT2D eigenvalue weighted by atomic mass is 35.5. The largest absolute Gasteiger partial charge is 0.343 e. The second-order valence-electron chi connectivity index (χ2n) is 6.45. The minimum Gasteiger partial charge on any atom is -0.343 e. The summed E-state index contributed by atoms with van der Waals surface area (Å²) in [6, 6.07) is 0.181. The normalized spacial score (nSPS) is 27.0. The second-order valence-corrected chi connectivity index (χ2v) is 8.49. The van der Waals surface area contributed by atoms with Gasteiger partial charge in [0.25, 0.3) is 0 Å². The van der Waals surface area contributed by atoms with Gasteiger partial charge in [-0.25, -0.2) is 12.7 Å². The lowest BCUT2D eigenvalue weighted by atomic mass is 9.98. The molecule has 6 nitrogen and oxygen atoms in total. The van der Waals surface area contributed by atoms with Crippen LogP contribution in [-0.4, -0.2) is 62.0 Å². The Morgan fingerprint density at radius 2 is 1.82 bits per heavy atom. The molecule has 130 valence electrons. The Balaban J connectivity index is 0.00000242. The average molecular weight is 354 g/mol. The van der Waals surface area contributed by atoms with Crippen LogP contribution in [0, 0.1) is 5.92 Å². The van der Waals surface area contributed by atoms with Crippen molar-refractivity contribution in [2.45, 2.75) is 50.6 Å². The SMILES string of the molecule is CN(C1CCN(C(=O)C[C@@H]2CCC[C@H]2N)CC1)S(C)(=O)=O.Cl. The molecule has 1 aliphatic carbocycles. The third-order valence-electron chi connectivity index (χ3n) is 5.01. The number of hydrogen-bond acceptors (Lipinski definition) is 4. The summed E-state index contributed by atoms with van der Waals surface area (Å²) < 4.78 is 24.5. The number of amides is 1. The van der Waals surface area contributed by atoms with Gasteiger partial charge in [-0.1, -0.05) is 6.42 Å². The predicted octanol–water partition coefficient (Wildman–Crippen LogP) is 0.808. The van der Waals surface area contributed by atoms with Gasteiger partial charge in [0.15, 0.2) is 0 Å². The predicted molar refractivity (Wildman–Crippen MR) is 89.4 cm³/mol. The van der Waals surface area contributed by atoms with Crippen molar-refractivity contribution >= 4 is 28.3 Å². The average Bonchev–Trinajstić information content (AvgIpc) is 2.82. The first kappa shape index (κ1) is 19.7. The van der Waals surface area contributed by atoms with Crippen molar-refractivity contribution in [3.63, 3.8) is 0 Å². The number of hydrogen-bond donors (Lipinski definition) is 1. The van der Waals surface area contributed by atoms with Crippen LogP contribution in [0.3, 0.4) is 0 Å². The summed E-state index contributed by atoms with van der Waals surface area (Å²) in [5, 5.41) is 0. The van der Waals surface area contributed by atoms with Gasteiger partial charge in [0.05, 0.1) is 6.26 Å². The first-order valence-electron chi connectivity index (χ1n) is 7.75. The van der Waals surface area contributed by atoms with Gasteiger partial charge in [-0.2, -0.15) is 0 Å². The second kappa shape index (κ2) is 7.95. The molecule has 1 saturated heterocycles. The molecule has 2 aliphatic rings. The molecular weight excluding hydrogens is 326 g/mol. The molecule has 0 radical (unpaired) electrons. The molecule has 0 bridgehead atoms. The Morgan fingerprint density at radius 1 is 1.23 bits per heavy atom. The van der Waals surface area contributed by atoms with Crippen molar-refractivity contribution in [1.29, 1.82) is 0 Å². The lowest BCUT2D eigenvalue weighted by molar-refractivity contribution is -0.133. The topological polar surface area (TPSA) is 83.7 Å². The Labute approximate surface area is 139 Å². The van der Waals surface area contributed by atoms with Crippen LogP contribution in [0.2, 0.25) is 0 Å². The summed E-state index contributed by atoms with van der Waals surface area (Å²) in [6.45, 7) is 1.29. The summed E-state index contributed by atoms with van der Waals surface area (Å²) in [5.41, 5.74) is 6.02. The molecule has 2 rings (SSSR count). The highest BCUT2D eigenvalue weighted by molar-refractivity contribution is 7.88. The molecule has 22 heavy (non-hydrogen) atoms. The van der Waals surface area contributed by atoms with E-state index in [4.69, 9.17) is 5.73 Å². The lowest BCUT2D eigenvalue weighted by Crippen LogP contribution is -2.47. The zero-order valence-electron chi connectivity index (χ0n) is 13.4. The summed E-state index contributed by atoms with van der Waals surface area (Å²) in [6.07, 6.45) is 6.41. The number of likely N-dealkylation sites (tertiary alicyclic amines) is 1. The molecule has 0 aromatic carbocycles. The van der Waals surface area contributed by atoms with Crippen molar-refractivity contribution in [2.75, 3.05) is 26.4 Å². The van der Waals surface area contributed by atoms with Gasteiger partial charge in [0.1, 0.15) is 0 Å². The smallest absolute Gasteiger partial charge is 0.222 e. The van der Waals surface area contributed by atoms with E-state index >= 15 is 0 Å². The summed E-state index contributed by atoms with van der Waals surface area (Å²) in [7, 11) is -1.53. The van der Waals surface area contributed by atoms with E-state index in [0.29, 0.717) is 38.3 Å². The van der Waals surface area contributed by atoms with Crippen molar-refractivity contribution in [1.82, 2.24) is 9.21 Å². The fraction of sp³-hybridized carbons (Fsp3) is 0.929. The van der Waals surface area contributed by atoms with Gasteiger partial charge in [0.2, 0.25) is 15.9 Å². The van der Waals surface area contributed by atoms with Gasteiger partial charge >= 0.3 is 0 Å². The number of sulfonamides is 1. The Hall–Kier alpha value is -0.370. The third kappa shape index (κ3) is 4.81. The number of nitrogens with two attached hydrogens (primary N) is 1. The van der Waals surface area contributed by atoms with Gasteiger partial charge in [-0.3, -0.25) is 4.79 Å². The van der Waals surface area contributed by atoms with Gasteiger partial charge in [0, 0.05) is 38.6 Å². The maximum Gasteiger partial charge on any atom is 0.222 e. The van der Waals surface area contributed by atoms with E-state index < -0.39 is 10.0 Å². The fourth-order valence-electron chi connectivity index (χ4n) is 3.42. The third-order valence-corrected chi connectivity index (χ3v) is 6.35.